The SMILES string of the molecule is O=C(CNC(=O)c1cccc(I)c1)NCc1ccco1. The van der Waals surface area contributed by atoms with Crippen LogP contribution in [0.2, 0.25) is 0 Å². The van der Waals surface area contributed by atoms with Crippen LogP contribution >= 0.6 is 22.6 Å². The summed E-state index contributed by atoms with van der Waals surface area (Å²) in [6.07, 6.45) is 1.54. The Labute approximate surface area is 129 Å². The Balaban J connectivity index is 1.77. The molecular formula is C14H13IN2O3. The van der Waals surface area contributed by atoms with Crippen LogP contribution in [0, 0.1) is 3.57 Å². The van der Waals surface area contributed by atoms with E-state index in [0.717, 1.165) is 3.57 Å². The normalized spacial score (nSPS) is 10.1. The van der Waals surface area contributed by atoms with Gasteiger partial charge in [-0.15, -0.1) is 0 Å². The number of carbonyl (C=O) groups is 2. The highest BCUT2D eigenvalue weighted by Crippen LogP contribution is 2.07. The number of hydrogen-bond acceptors (Lipinski definition) is 3. The molecule has 0 fully saturated rings. The second kappa shape index (κ2) is 7.09. The average Bonchev–Trinajstić information content (AvgIpc) is 2.95. The molecule has 5 nitrogen and oxygen atoms in total. The summed E-state index contributed by atoms with van der Waals surface area (Å²) in [5.74, 6) is 0.138. The van der Waals surface area contributed by atoms with E-state index in [2.05, 4.69) is 33.2 Å². The van der Waals surface area contributed by atoms with Gasteiger partial charge in [0.15, 0.2) is 0 Å². The van der Waals surface area contributed by atoms with Gasteiger partial charge in [0.25, 0.3) is 5.91 Å². The van der Waals surface area contributed by atoms with Gasteiger partial charge < -0.3 is 15.1 Å². The van der Waals surface area contributed by atoms with Crippen molar-refractivity contribution in [3.63, 3.8) is 0 Å². The third kappa shape index (κ3) is 4.37. The summed E-state index contributed by atoms with van der Waals surface area (Å²) in [6, 6.07) is 10.7. The minimum Gasteiger partial charge on any atom is -0.467 e. The van der Waals surface area contributed by atoms with Gasteiger partial charge in [-0.05, 0) is 52.9 Å². The Kier molecular flexibility index (Phi) is 5.16. The second-order valence-electron chi connectivity index (χ2n) is 4.05. The summed E-state index contributed by atoms with van der Waals surface area (Å²) < 4.78 is 6.06. The quantitative estimate of drug-likeness (QED) is 0.775. The van der Waals surface area contributed by atoms with Crippen molar-refractivity contribution in [2.24, 2.45) is 0 Å². The predicted molar refractivity (Wildman–Crippen MR) is 82.0 cm³/mol. The number of furan rings is 1. The van der Waals surface area contributed by atoms with E-state index < -0.39 is 0 Å². The summed E-state index contributed by atoms with van der Waals surface area (Å²) >= 11 is 2.13. The third-order valence-corrected chi connectivity index (χ3v) is 3.21. The monoisotopic (exact) mass is 384 g/mol. The van der Waals surface area contributed by atoms with Crippen LogP contribution in [0.5, 0.6) is 0 Å². The largest absolute Gasteiger partial charge is 0.467 e. The van der Waals surface area contributed by atoms with Gasteiger partial charge in [0.05, 0.1) is 19.4 Å². The van der Waals surface area contributed by atoms with E-state index in [1.54, 1.807) is 36.6 Å². The summed E-state index contributed by atoms with van der Waals surface area (Å²) in [6.45, 7) is 0.246. The maximum atomic E-state index is 11.8. The lowest BCUT2D eigenvalue weighted by atomic mass is 10.2. The molecule has 2 rings (SSSR count). The van der Waals surface area contributed by atoms with Crippen LogP contribution in [0.15, 0.2) is 47.1 Å². The fourth-order valence-corrected chi connectivity index (χ4v) is 2.10. The molecule has 0 saturated carbocycles. The summed E-state index contributed by atoms with van der Waals surface area (Å²) in [4.78, 5) is 23.4. The zero-order valence-corrected chi connectivity index (χ0v) is 12.7. The van der Waals surface area contributed by atoms with Gasteiger partial charge in [0, 0.05) is 9.13 Å². The fourth-order valence-electron chi connectivity index (χ4n) is 1.55. The highest BCUT2D eigenvalue weighted by Gasteiger charge is 2.08. The van der Waals surface area contributed by atoms with Crippen LogP contribution in [-0.2, 0) is 11.3 Å². The molecule has 1 heterocycles. The van der Waals surface area contributed by atoms with E-state index in [0.29, 0.717) is 17.9 Å². The maximum absolute atomic E-state index is 11.8. The zero-order chi connectivity index (χ0) is 14.4. The number of benzene rings is 1. The van der Waals surface area contributed by atoms with Crippen molar-refractivity contribution in [2.75, 3.05) is 6.54 Å². The molecule has 0 saturated heterocycles. The molecule has 1 aromatic carbocycles. The molecule has 0 bridgehead atoms. The van der Waals surface area contributed by atoms with E-state index in [9.17, 15) is 9.59 Å². The highest BCUT2D eigenvalue weighted by molar-refractivity contribution is 14.1. The van der Waals surface area contributed by atoms with E-state index >= 15 is 0 Å². The van der Waals surface area contributed by atoms with Gasteiger partial charge in [-0.25, -0.2) is 0 Å². The lowest BCUT2D eigenvalue weighted by Gasteiger charge is -2.06. The van der Waals surface area contributed by atoms with Crippen molar-refractivity contribution < 1.29 is 14.0 Å². The van der Waals surface area contributed by atoms with Crippen molar-refractivity contribution in [2.45, 2.75) is 6.54 Å². The van der Waals surface area contributed by atoms with E-state index in [-0.39, 0.29) is 18.4 Å². The summed E-state index contributed by atoms with van der Waals surface area (Å²) in [7, 11) is 0. The molecule has 2 amide bonds. The number of rotatable bonds is 5. The first kappa shape index (κ1) is 14.6. The van der Waals surface area contributed by atoms with Crippen LogP contribution < -0.4 is 10.6 Å². The molecule has 2 N–H and O–H groups in total. The lowest BCUT2D eigenvalue weighted by molar-refractivity contribution is -0.120. The molecule has 0 spiro atoms. The Bertz CT molecular complexity index is 596. The Morgan fingerprint density at radius 1 is 1.15 bits per heavy atom. The highest BCUT2D eigenvalue weighted by atomic mass is 127. The molecule has 0 aliphatic carbocycles. The minimum atomic E-state index is -0.267. The van der Waals surface area contributed by atoms with Gasteiger partial charge in [-0.3, -0.25) is 9.59 Å². The Morgan fingerprint density at radius 2 is 2.00 bits per heavy atom. The van der Waals surface area contributed by atoms with Crippen LogP contribution in [0.1, 0.15) is 16.1 Å². The number of nitrogens with one attached hydrogen (secondary N) is 2. The van der Waals surface area contributed by atoms with Crippen molar-refractivity contribution in [3.8, 4) is 0 Å². The molecule has 0 unspecified atom stereocenters. The summed E-state index contributed by atoms with van der Waals surface area (Å²) in [5.41, 5.74) is 0.538. The molecule has 0 aliphatic heterocycles. The smallest absolute Gasteiger partial charge is 0.251 e. The fraction of sp³-hybridized carbons (Fsp3) is 0.143. The summed E-state index contributed by atoms with van der Waals surface area (Å²) in [5, 5.41) is 5.23. The Hall–Kier alpha value is -1.83. The Morgan fingerprint density at radius 3 is 2.70 bits per heavy atom. The molecule has 6 heteroatoms. The first-order chi connectivity index (χ1) is 9.65. The lowest BCUT2D eigenvalue weighted by Crippen LogP contribution is -2.36. The molecular weight excluding hydrogens is 371 g/mol. The van der Waals surface area contributed by atoms with Crippen molar-refractivity contribution in [3.05, 3.63) is 57.6 Å². The standard InChI is InChI=1S/C14H13IN2O3/c15-11-4-1-3-10(7-11)14(19)17-9-13(18)16-8-12-5-2-6-20-12/h1-7H,8-9H2,(H,16,18)(H,17,19). The minimum absolute atomic E-state index is 0.0645. The molecule has 104 valence electrons. The number of hydrogen-bond donors (Lipinski definition) is 2. The number of carbonyl (C=O) groups excluding carboxylic acids is 2. The molecule has 0 radical (unpaired) electrons. The molecule has 1 aromatic heterocycles. The van der Waals surface area contributed by atoms with E-state index in [1.165, 1.54) is 0 Å². The van der Waals surface area contributed by atoms with Gasteiger partial charge in [0.2, 0.25) is 5.91 Å². The van der Waals surface area contributed by atoms with Gasteiger partial charge in [-0.2, -0.15) is 0 Å². The van der Waals surface area contributed by atoms with Crippen LogP contribution in [0.4, 0.5) is 0 Å². The van der Waals surface area contributed by atoms with Crippen molar-refractivity contribution in [1.29, 1.82) is 0 Å². The number of halogens is 1. The first-order valence-electron chi connectivity index (χ1n) is 5.98. The number of amides is 2. The third-order valence-electron chi connectivity index (χ3n) is 2.54. The zero-order valence-electron chi connectivity index (χ0n) is 10.6. The van der Waals surface area contributed by atoms with Crippen molar-refractivity contribution in [1.82, 2.24) is 10.6 Å². The first-order valence-corrected chi connectivity index (χ1v) is 7.06. The molecule has 0 atom stereocenters. The van der Waals surface area contributed by atoms with E-state index in [1.807, 2.05) is 6.07 Å². The van der Waals surface area contributed by atoms with Gasteiger partial charge in [0.1, 0.15) is 5.76 Å². The maximum Gasteiger partial charge on any atom is 0.251 e. The van der Waals surface area contributed by atoms with E-state index in [4.69, 9.17) is 4.42 Å². The van der Waals surface area contributed by atoms with Crippen molar-refractivity contribution >= 4 is 34.4 Å². The molecule has 2 aromatic rings. The van der Waals surface area contributed by atoms with Crippen LogP contribution in [-0.4, -0.2) is 18.4 Å². The topological polar surface area (TPSA) is 71.3 Å². The van der Waals surface area contributed by atoms with Crippen LogP contribution in [0.3, 0.4) is 0 Å². The second-order valence-corrected chi connectivity index (χ2v) is 5.29. The van der Waals surface area contributed by atoms with Gasteiger partial charge >= 0.3 is 0 Å². The molecule has 0 aliphatic rings. The van der Waals surface area contributed by atoms with Gasteiger partial charge in [-0.1, -0.05) is 6.07 Å². The molecule has 20 heavy (non-hydrogen) atoms. The average molecular weight is 384 g/mol. The predicted octanol–water partition coefficient (Wildman–Crippen LogP) is 1.93. The van der Waals surface area contributed by atoms with Crippen LogP contribution in [0.25, 0.3) is 0 Å².